The Balaban J connectivity index is 0.00000200. The Morgan fingerprint density at radius 3 is 2.35 bits per heavy atom. The standard InChI is InChI=1S/C15H16N2O2.ClH/c1-18-14-5-3-2-4-12(14)10-19-13-8-6-11(7-9-13)15(16)17;/h2-9H,10H2,1H3,(H3,16,17);1H. The van der Waals surface area contributed by atoms with Crippen molar-refractivity contribution < 1.29 is 9.47 Å². The SMILES string of the molecule is COc1ccccc1COc1ccc(C(=N)N)cc1.Cl. The van der Waals surface area contributed by atoms with E-state index < -0.39 is 0 Å². The highest BCUT2D eigenvalue weighted by Gasteiger charge is 2.03. The molecular weight excluding hydrogens is 276 g/mol. The number of benzene rings is 2. The lowest BCUT2D eigenvalue weighted by Crippen LogP contribution is -2.10. The van der Waals surface area contributed by atoms with Crippen LogP contribution in [0.2, 0.25) is 0 Å². The van der Waals surface area contributed by atoms with Crippen molar-refractivity contribution in [2.45, 2.75) is 6.61 Å². The fourth-order valence-corrected chi connectivity index (χ4v) is 1.71. The summed E-state index contributed by atoms with van der Waals surface area (Å²) < 4.78 is 10.9. The Hall–Kier alpha value is -2.20. The maximum atomic E-state index is 7.32. The van der Waals surface area contributed by atoms with E-state index in [4.69, 9.17) is 20.6 Å². The number of nitrogens with two attached hydrogens (primary N) is 1. The second-order valence-electron chi connectivity index (χ2n) is 4.04. The Bertz CT molecular complexity index is 570. The van der Waals surface area contributed by atoms with Crippen LogP contribution in [0.15, 0.2) is 48.5 Å². The highest BCUT2D eigenvalue weighted by molar-refractivity contribution is 5.94. The second-order valence-corrected chi connectivity index (χ2v) is 4.04. The maximum Gasteiger partial charge on any atom is 0.125 e. The monoisotopic (exact) mass is 292 g/mol. The van der Waals surface area contributed by atoms with Crippen LogP contribution in [-0.4, -0.2) is 12.9 Å². The van der Waals surface area contributed by atoms with Crippen molar-refractivity contribution in [2.24, 2.45) is 5.73 Å². The average Bonchev–Trinajstić information content (AvgIpc) is 2.45. The molecule has 0 heterocycles. The third kappa shape index (κ3) is 3.90. The van der Waals surface area contributed by atoms with Gasteiger partial charge in [0, 0.05) is 11.1 Å². The summed E-state index contributed by atoms with van der Waals surface area (Å²) in [4.78, 5) is 0. The summed E-state index contributed by atoms with van der Waals surface area (Å²) in [7, 11) is 1.64. The van der Waals surface area contributed by atoms with Gasteiger partial charge in [0.15, 0.2) is 0 Å². The summed E-state index contributed by atoms with van der Waals surface area (Å²) in [5, 5.41) is 7.32. The first-order valence-corrected chi connectivity index (χ1v) is 5.90. The van der Waals surface area contributed by atoms with E-state index in [-0.39, 0.29) is 18.2 Å². The molecule has 3 N–H and O–H groups in total. The molecule has 0 bridgehead atoms. The van der Waals surface area contributed by atoms with Gasteiger partial charge in [0.25, 0.3) is 0 Å². The van der Waals surface area contributed by atoms with Gasteiger partial charge < -0.3 is 15.2 Å². The largest absolute Gasteiger partial charge is 0.496 e. The molecule has 0 fully saturated rings. The molecule has 0 spiro atoms. The van der Waals surface area contributed by atoms with E-state index in [1.54, 1.807) is 31.4 Å². The summed E-state index contributed by atoms with van der Waals surface area (Å²) >= 11 is 0. The summed E-state index contributed by atoms with van der Waals surface area (Å²) in [5.41, 5.74) is 7.06. The highest BCUT2D eigenvalue weighted by Crippen LogP contribution is 2.20. The van der Waals surface area contributed by atoms with Crippen molar-refractivity contribution in [3.63, 3.8) is 0 Å². The van der Waals surface area contributed by atoms with Crippen molar-refractivity contribution >= 4 is 18.2 Å². The molecule has 2 rings (SSSR count). The van der Waals surface area contributed by atoms with E-state index in [0.29, 0.717) is 12.2 Å². The quantitative estimate of drug-likeness (QED) is 0.657. The van der Waals surface area contributed by atoms with Crippen LogP contribution in [0.5, 0.6) is 11.5 Å². The third-order valence-corrected chi connectivity index (χ3v) is 2.75. The molecule has 0 aromatic heterocycles. The molecule has 5 heteroatoms. The highest BCUT2D eigenvalue weighted by atomic mass is 35.5. The number of hydrogen-bond acceptors (Lipinski definition) is 3. The zero-order valence-corrected chi connectivity index (χ0v) is 11.9. The first kappa shape index (κ1) is 15.9. The van der Waals surface area contributed by atoms with Crippen LogP contribution in [0.25, 0.3) is 0 Å². The minimum absolute atomic E-state index is 0. The molecule has 0 unspecified atom stereocenters. The lowest BCUT2D eigenvalue weighted by atomic mass is 10.2. The molecule has 0 saturated heterocycles. The maximum absolute atomic E-state index is 7.32. The van der Waals surface area contributed by atoms with Gasteiger partial charge in [-0.2, -0.15) is 0 Å². The van der Waals surface area contributed by atoms with Crippen molar-refractivity contribution in [2.75, 3.05) is 7.11 Å². The number of para-hydroxylation sites is 1. The number of nitrogen functional groups attached to an aromatic ring is 1. The smallest absolute Gasteiger partial charge is 0.125 e. The molecule has 0 amide bonds. The molecule has 2 aromatic rings. The van der Waals surface area contributed by atoms with Gasteiger partial charge in [0.1, 0.15) is 23.9 Å². The van der Waals surface area contributed by atoms with Crippen molar-refractivity contribution in [3.8, 4) is 11.5 Å². The normalized spacial score (nSPS) is 9.45. The lowest BCUT2D eigenvalue weighted by Gasteiger charge is -2.10. The summed E-state index contributed by atoms with van der Waals surface area (Å²) in [5.74, 6) is 1.59. The molecule has 20 heavy (non-hydrogen) atoms. The van der Waals surface area contributed by atoms with Crippen LogP contribution >= 0.6 is 12.4 Å². The van der Waals surface area contributed by atoms with Gasteiger partial charge >= 0.3 is 0 Å². The first-order valence-electron chi connectivity index (χ1n) is 5.90. The Morgan fingerprint density at radius 1 is 1.10 bits per heavy atom. The number of nitrogens with one attached hydrogen (secondary N) is 1. The zero-order chi connectivity index (χ0) is 13.7. The van der Waals surface area contributed by atoms with Gasteiger partial charge in [-0.15, -0.1) is 12.4 Å². The van der Waals surface area contributed by atoms with Crippen LogP contribution in [0.1, 0.15) is 11.1 Å². The number of rotatable bonds is 5. The molecule has 0 aliphatic heterocycles. The fraction of sp³-hybridized carbons (Fsp3) is 0.133. The Morgan fingerprint density at radius 2 is 1.75 bits per heavy atom. The van der Waals surface area contributed by atoms with Gasteiger partial charge in [0.05, 0.1) is 7.11 Å². The number of ether oxygens (including phenoxy) is 2. The molecule has 2 aromatic carbocycles. The van der Waals surface area contributed by atoms with E-state index in [2.05, 4.69) is 0 Å². The molecular formula is C15H17ClN2O2. The van der Waals surface area contributed by atoms with E-state index in [0.717, 1.165) is 17.1 Å². The van der Waals surface area contributed by atoms with Crippen LogP contribution in [-0.2, 0) is 6.61 Å². The molecule has 4 nitrogen and oxygen atoms in total. The van der Waals surface area contributed by atoms with E-state index >= 15 is 0 Å². The van der Waals surface area contributed by atoms with Crippen LogP contribution in [0.3, 0.4) is 0 Å². The average molecular weight is 293 g/mol. The van der Waals surface area contributed by atoms with E-state index in [1.807, 2.05) is 24.3 Å². The topological polar surface area (TPSA) is 68.3 Å². The number of hydrogen-bond donors (Lipinski definition) is 2. The van der Waals surface area contributed by atoms with E-state index in [1.165, 1.54) is 0 Å². The molecule has 106 valence electrons. The Labute approximate surface area is 124 Å². The minimum Gasteiger partial charge on any atom is -0.496 e. The molecule has 0 aliphatic rings. The predicted octanol–water partition coefficient (Wildman–Crippen LogP) is 2.98. The van der Waals surface area contributed by atoms with Crippen molar-refractivity contribution in [3.05, 3.63) is 59.7 Å². The first-order chi connectivity index (χ1) is 9.20. The summed E-state index contributed by atoms with van der Waals surface area (Å²) in [6.07, 6.45) is 0. The Kier molecular flexibility index (Phi) is 5.87. The summed E-state index contributed by atoms with van der Waals surface area (Å²) in [6, 6.07) is 14.8. The van der Waals surface area contributed by atoms with Crippen LogP contribution in [0.4, 0.5) is 0 Å². The molecule has 0 atom stereocenters. The van der Waals surface area contributed by atoms with Crippen LogP contribution in [0, 0.1) is 5.41 Å². The van der Waals surface area contributed by atoms with Gasteiger partial charge in [0.2, 0.25) is 0 Å². The zero-order valence-electron chi connectivity index (χ0n) is 11.1. The van der Waals surface area contributed by atoms with Crippen molar-refractivity contribution in [1.82, 2.24) is 0 Å². The number of amidine groups is 1. The minimum atomic E-state index is 0. The van der Waals surface area contributed by atoms with Gasteiger partial charge in [-0.1, -0.05) is 18.2 Å². The molecule has 0 aliphatic carbocycles. The number of methoxy groups -OCH3 is 1. The van der Waals surface area contributed by atoms with Gasteiger partial charge in [-0.25, -0.2) is 0 Å². The van der Waals surface area contributed by atoms with E-state index in [9.17, 15) is 0 Å². The molecule has 0 saturated carbocycles. The third-order valence-electron chi connectivity index (χ3n) is 2.75. The fourth-order valence-electron chi connectivity index (χ4n) is 1.71. The van der Waals surface area contributed by atoms with Gasteiger partial charge in [-0.3, -0.25) is 5.41 Å². The van der Waals surface area contributed by atoms with Crippen molar-refractivity contribution in [1.29, 1.82) is 5.41 Å². The lowest BCUT2D eigenvalue weighted by molar-refractivity contribution is 0.296. The second kappa shape index (κ2) is 7.40. The number of halogens is 1. The molecule has 0 radical (unpaired) electrons. The van der Waals surface area contributed by atoms with Crippen LogP contribution < -0.4 is 15.2 Å². The summed E-state index contributed by atoms with van der Waals surface area (Å²) in [6.45, 7) is 0.434. The van der Waals surface area contributed by atoms with Gasteiger partial charge in [-0.05, 0) is 30.3 Å². The predicted molar refractivity (Wildman–Crippen MR) is 82.0 cm³/mol.